The van der Waals surface area contributed by atoms with Crippen LogP contribution in [-0.4, -0.2) is 14.5 Å². The Kier molecular flexibility index (Phi) is 6.60. The summed E-state index contributed by atoms with van der Waals surface area (Å²) in [6.07, 6.45) is 0. The van der Waals surface area contributed by atoms with E-state index in [2.05, 4.69) is 180 Å². The SMILES string of the molecule is c1ccc(-c2cccc(-c3nc(-c4ccc5c6c(cccc46)-c4ccc(-n6c7ccccc7c7cc8ccccc8cc76)cc4O5)nc4ccccc34)c2)cc1. The van der Waals surface area contributed by atoms with E-state index >= 15 is 0 Å². The highest BCUT2D eigenvalue weighted by Crippen LogP contribution is 2.49. The van der Waals surface area contributed by atoms with Gasteiger partial charge in [-0.25, -0.2) is 9.97 Å². The molecule has 0 aliphatic carbocycles. The molecule has 0 amide bonds. The van der Waals surface area contributed by atoms with Gasteiger partial charge in [0, 0.05) is 50.0 Å². The predicted octanol–water partition coefficient (Wildman–Crippen LogP) is 13.8. The van der Waals surface area contributed by atoms with Crippen LogP contribution in [0.3, 0.4) is 0 Å². The quantitative estimate of drug-likeness (QED) is 0.182. The number of fused-ring (bicyclic) bond motifs is 7. The Balaban J connectivity index is 1.01. The van der Waals surface area contributed by atoms with Crippen LogP contribution in [0.25, 0.3) is 105 Å². The molecule has 0 saturated carbocycles. The van der Waals surface area contributed by atoms with Crippen molar-refractivity contribution >= 4 is 54.3 Å². The number of hydrogen-bond donors (Lipinski definition) is 0. The molecule has 1 aliphatic heterocycles. The number of nitrogens with zero attached hydrogens (tertiary/aromatic N) is 3. The maximum Gasteiger partial charge on any atom is 0.161 e. The number of aromatic nitrogens is 3. The summed E-state index contributed by atoms with van der Waals surface area (Å²) in [6.45, 7) is 0. The van der Waals surface area contributed by atoms with E-state index in [1.54, 1.807) is 0 Å². The molecular formula is C52H31N3O. The molecular weight excluding hydrogens is 683 g/mol. The molecule has 9 aromatic carbocycles. The second kappa shape index (κ2) is 12.0. The molecule has 56 heavy (non-hydrogen) atoms. The van der Waals surface area contributed by atoms with Crippen LogP contribution in [0.2, 0.25) is 0 Å². The summed E-state index contributed by atoms with van der Waals surface area (Å²) in [7, 11) is 0. The highest BCUT2D eigenvalue weighted by molar-refractivity contribution is 6.14. The van der Waals surface area contributed by atoms with Crippen LogP contribution in [0, 0.1) is 0 Å². The summed E-state index contributed by atoms with van der Waals surface area (Å²) in [5.74, 6) is 2.35. The number of benzene rings is 9. The summed E-state index contributed by atoms with van der Waals surface area (Å²) >= 11 is 0. The van der Waals surface area contributed by atoms with E-state index in [0.717, 1.165) is 72.4 Å². The topological polar surface area (TPSA) is 39.9 Å². The van der Waals surface area contributed by atoms with Crippen LogP contribution in [0.5, 0.6) is 11.5 Å². The van der Waals surface area contributed by atoms with Crippen LogP contribution >= 0.6 is 0 Å². The van der Waals surface area contributed by atoms with Crippen molar-refractivity contribution in [3.05, 3.63) is 188 Å². The molecule has 0 spiro atoms. The van der Waals surface area contributed by atoms with Gasteiger partial charge in [-0.2, -0.15) is 0 Å². The maximum atomic E-state index is 6.84. The Morgan fingerprint density at radius 3 is 2.02 bits per heavy atom. The first-order valence-electron chi connectivity index (χ1n) is 19.0. The second-order valence-corrected chi connectivity index (χ2v) is 14.6. The lowest BCUT2D eigenvalue weighted by Gasteiger charge is -2.23. The Bertz CT molecular complexity index is 3400. The number of rotatable bonds is 4. The molecule has 2 aromatic heterocycles. The normalized spacial score (nSPS) is 12.1. The molecule has 3 heterocycles. The molecule has 11 aromatic rings. The van der Waals surface area contributed by atoms with Crippen molar-refractivity contribution in [2.24, 2.45) is 0 Å². The van der Waals surface area contributed by atoms with E-state index in [9.17, 15) is 0 Å². The van der Waals surface area contributed by atoms with Crippen molar-refractivity contribution in [2.45, 2.75) is 0 Å². The molecule has 0 saturated heterocycles. The third kappa shape index (κ3) is 4.66. The third-order valence-electron chi connectivity index (χ3n) is 11.4. The Labute approximate surface area is 322 Å². The molecule has 1 aliphatic rings. The van der Waals surface area contributed by atoms with E-state index in [0.29, 0.717) is 5.82 Å². The van der Waals surface area contributed by atoms with Crippen molar-refractivity contribution in [3.63, 3.8) is 0 Å². The number of hydrogen-bond acceptors (Lipinski definition) is 3. The lowest BCUT2D eigenvalue weighted by molar-refractivity contribution is 0.487. The summed E-state index contributed by atoms with van der Waals surface area (Å²) in [5, 5.41) is 8.08. The van der Waals surface area contributed by atoms with Crippen LogP contribution in [0.1, 0.15) is 0 Å². The molecule has 0 atom stereocenters. The second-order valence-electron chi connectivity index (χ2n) is 14.6. The molecule has 4 heteroatoms. The Morgan fingerprint density at radius 1 is 0.393 bits per heavy atom. The lowest BCUT2D eigenvalue weighted by Crippen LogP contribution is -2.01. The van der Waals surface area contributed by atoms with Crippen molar-refractivity contribution < 1.29 is 4.74 Å². The summed E-state index contributed by atoms with van der Waals surface area (Å²) in [5.41, 5.74) is 11.8. The first kappa shape index (κ1) is 30.9. The Hall–Kier alpha value is -7.56. The maximum absolute atomic E-state index is 6.84. The zero-order chi connectivity index (χ0) is 36.7. The predicted molar refractivity (Wildman–Crippen MR) is 231 cm³/mol. The van der Waals surface area contributed by atoms with Gasteiger partial charge >= 0.3 is 0 Å². The fourth-order valence-electron chi connectivity index (χ4n) is 8.78. The molecule has 0 bridgehead atoms. The van der Waals surface area contributed by atoms with E-state index in [1.165, 1.54) is 38.1 Å². The fourth-order valence-corrected chi connectivity index (χ4v) is 8.78. The minimum atomic E-state index is 0.688. The summed E-state index contributed by atoms with van der Waals surface area (Å²) < 4.78 is 9.20. The molecule has 0 radical (unpaired) electrons. The first-order chi connectivity index (χ1) is 27.7. The van der Waals surface area contributed by atoms with E-state index < -0.39 is 0 Å². The smallest absolute Gasteiger partial charge is 0.161 e. The van der Waals surface area contributed by atoms with Gasteiger partial charge in [-0.05, 0) is 87.4 Å². The van der Waals surface area contributed by atoms with Gasteiger partial charge < -0.3 is 9.30 Å². The fraction of sp³-hybridized carbons (Fsp3) is 0. The van der Waals surface area contributed by atoms with Crippen molar-refractivity contribution in [2.75, 3.05) is 0 Å². The average molecular weight is 714 g/mol. The van der Waals surface area contributed by atoms with Gasteiger partial charge in [0.15, 0.2) is 5.82 Å². The monoisotopic (exact) mass is 713 g/mol. The van der Waals surface area contributed by atoms with Crippen molar-refractivity contribution in [1.29, 1.82) is 0 Å². The van der Waals surface area contributed by atoms with E-state index in [-0.39, 0.29) is 0 Å². The molecule has 0 N–H and O–H groups in total. The van der Waals surface area contributed by atoms with Gasteiger partial charge in [-0.15, -0.1) is 0 Å². The number of para-hydroxylation sites is 2. The van der Waals surface area contributed by atoms with E-state index in [4.69, 9.17) is 14.7 Å². The molecule has 12 rings (SSSR count). The standard InChI is InChI=1S/C52H31N3O/c1-2-12-32(13-3-1)33-16-10-17-36(28-33)51-43-19-6-8-22-45(43)53-52(54-51)42-26-27-48-50-40(20-11-21-41(42)50)39-25-24-37(31-49(39)56-48)55-46-23-9-7-18-38(46)44-29-34-14-4-5-15-35(34)30-47(44)55/h1-31H. The van der Waals surface area contributed by atoms with Gasteiger partial charge in [-0.3, -0.25) is 0 Å². The largest absolute Gasteiger partial charge is 0.456 e. The highest BCUT2D eigenvalue weighted by atomic mass is 16.5. The summed E-state index contributed by atoms with van der Waals surface area (Å²) in [4.78, 5) is 10.5. The van der Waals surface area contributed by atoms with Gasteiger partial charge in [-0.1, -0.05) is 127 Å². The van der Waals surface area contributed by atoms with Gasteiger partial charge in [0.25, 0.3) is 0 Å². The van der Waals surface area contributed by atoms with Gasteiger partial charge in [0.2, 0.25) is 0 Å². The average Bonchev–Trinajstić information content (AvgIpc) is 3.58. The molecule has 4 nitrogen and oxygen atoms in total. The minimum Gasteiger partial charge on any atom is -0.456 e. The van der Waals surface area contributed by atoms with Crippen LogP contribution in [0.4, 0.5) is 0 Å². The van der Waals surface area contributed by atoms with E-state index in [1.807, 2.05) is 12.1 Å². The summed E-state index contributed by atoms with van der Waals surface area (Å²) in [6, 6.07) is 66.6. The molecule has 0 unspecified atom stereocenters. The Morgan fingerprint density at radius 2 is 1.11 bits per heavy atom. The van der Waals surface area contributed by atoms with Crippen molar-refractivity contribution in [1.82, 2.24) is 14.5 Å². The minimum absolute atomic E-state index is 0.688. The van der Waals surface area contributed by atoms with Crippen molar-refractivity contribution in [3.8, 4) is 62.1 Å². The first-order valence-corrected chi connectivity index (χ1v) is 19.0. The molecule has 0 fully saturated rings. The highest BCUT2D eigenvalue weighted by Gasteiger charge is 2.24. The zero-order valence-electron chi connectivity index (χ0n) is 30.1. The van der Waals surface area contributed by atoms with Crippen LogP contribution < -0.4 is 4.74 Å². The third-order valence-corrected chi connectivity index (χ3v) is 11.4. The van der Waals surface area contributed by atoms with Gasteiger partial charge in [0.1, 0.15) is 11.5 Å². The number of ether oxygens (including phenoxy) is 1. The van der Waals surface area contributed by atoms with Crippen LogP contribution in [0.15, 0.2) is 188 Å². The van der Waals surface area contributed by atoms with Crippen LogP contribution in [-0.2, 0) is 0 Å². The lowest BCUT2D eigenvalue weighted by atomic mass is 9.92. The van der Waals surface area contributed by atoms with Gasteiger partial charge in [0.05, 0.1) is 22.2 Å². The molecule has 260 valence electrons. The zero-order valence-corrected chi connectivity index (χ0v) is 30.1.